The van der Waals surface area contributed by atoms with Crippen LogP contribution in [0.2, 0.25) is 0 Å². The highest BCUT2D eigenvalue weighted by Crippen LogP contribution is 2.20. The SMILES string of the molecule is O=C(c1cccc(S(=O)(=O)Nc2ccccc2)c1)N1CCN(c2ccc(F)cc2)CC1. The van der Waals surface area contributed by atoms with E-state index in [1.807, 2.05) is 0 Å². The van der Waals surface area contributed by atoms with Gasteiger partial charge in [-0.2, -0.15) is 0 Å². The lowest BCUT2D eigenvalue weighted by atomic mass is 10.1. The van der Waals surface area contributed by atoms with Crippen LogP contribution >= 0.6 is 0 Å². The van der Waals surface area contributed by atoms with Crippen LogP contribution < -0.4 is 9.62 Å². The minimum absolute atomic E-state index is 0.0344. The number of nitrogens with zero attached hydrogens (tertiary/aromatic N) is 2. The summed E-state index contributed by atoms with van der Waals surface area (Å²) < 4.78 is 41.1. The van der Waals surface area contributed by atoms with E-state index in [9.17, 15) is 17.6 Å². The molecule has 1 aliphatic rings. The quantitative estimate of drug-likeness (QED) is 0.660. The fourth-order valence-electron chi connectivity index (χ4n) is 3.52. The fraction of sp³-hybridized carbons (Fsp3) is 0.174. The van der Waals surface area contributed by atoms with Crippen LogP contribution in [0.15, 0.2) is 83.8 Å². The number of piperazine rings is 1. The third kappa shape index (κ3) is 4.86. The van der Waals surface area contributed by atoms with Crippen molar-refractivity contribution in [3.05, 3.63) is 90.2 Å². The third-order valence-electron chi connectivity index (χ3n) is 5.18. The summed E-state index contributed by atoms with van der Waals surface area (Å²) in [4.78, 5) is 16.8. The monoisotopic (exact) mass is 439 g/mol. The molecule has 1 N–H and O–H groups in total. The van der Waals surface area contributed by atoms with E-state index < -0.39 is 10.0 Å². The van der Waals surface area contributed by atoms with Crippen LogP contribution in [0.5, 0.6) is 0 Å². The zero-order chi connectivity index (χ0) is 21.8. The third-order valence-corrected chi connectivity index (χ3v) is 6.55. The van der Waals surface area contributed by atoms with Gasteiger partial charge in [0.25, 0.3) is 15.9 Å². The number of halogens is 1. The molecule has 31 heavy (non-hydrogen) atoms. The van der Waals surface area contributed by atoms with Crippen LogP contribution in [-0.4, -0.2) is 45.4 Å². The maximum atomic E-state index is 13.1. The second kappa shape index (κ2) is 8.77. The average molecular weight is 440 g/mol. The molecule has 3 aromatic carbocycles. The molecule has 0 aliphatic carbocycles. The number of anilines is 2. The molecule has 1 fully saturated rings. The molecule has 1 heterocycles. The molecule has 3 aromatic rings. The molecule has 0 aromatic heterocycles. The lowest BCUT2D eigenvalue weighted by molar-refractivity contribution is 0.0746. The molecule has 0 spiro atoms. The summed E-state index contributed by atoms with van der Waals surface area (Å²) in [6, 6.07) is 20.9. The van der Waals surface area contributed by atoms with Crippen molar-refractivity contribution in [2.24, 2.45) is 0 Å². The molecule has 1 aliphatic heterocycles. The van der Waals surface area contributed by atoms with Crippen molar-refractivity contribution in [2.45, 2.75) is 4.90 Å². The van der Waals surface area contributed by atoms with Crippen LogP contribution in [0.3, 0.4) is 0 Å². The number of benzene rings is 3. The van der Waals surface area contributed by atoms with Gasteiger partial charge in [0, 0.05) is 43.1 Å². The van der Waals surface area contributed by atoms with Gasteiger partial charge in [0.1, 0.15) is 5.82 Å². The van der Waals surface area contributed by atoms with Gasteiger partial charge in [-0.15, -0.1) is 0 Å². The van der Waals surface area contributed by atoms with Gasteiger partial charge in [0.05, 0.1) is 4.90 Å². The van der Waals surface area contributed by atoms with E-state index in [-0.39, 0.29) is 16.6 Å². The van der Waals surface area contributed by atoms with Crippen molar-refractivity contribution < 1.29 is 17.6 Å². The van der Waals surface area contributed by atoms with Crippen molar-refractivity contribution in [1.82, 2.24) is 4.90 Å². The van der Waals surface area contributed by atoms with Gasteiger partial charge in [-0.3, -0.25) is 9.52 Å². The molecule has 1 saturated heterocycles. The largest absolute Gasteiger partial charge is 0.368 e. The van der Waals surface area contributed by atoms with E-state index in [1.54, 1.807) is 59.5 Å². The summed E-state index contributed by atoms with van der Waals surface area (Å²) in [7, 11) is -3.81. The van der Waals surface area contributed by atoms with Crippen molar-refractivity contribution in [1.29, 1.82) is 0 Å². The lowest BCUT2D eigenvalue weighted by Crippen LogP contribution is -2.48. The lowest BCUT2D eigenvalue weighted by Gasteiger charge is -2.36. The summed E-state index contributed by atoms with van der Waals surface area (Å²) >= 11 is 0. The molecule has 1 amide bonds. The Labute approximate surface area is 181 Å². The van der Waals surface area contributed by atoms with Crippen LogP contribution in [0, 0.1) is 5.82 Å². The predicted octanol–water partition coefficient (Wildman–Crippen LogP) is 3.59. The first-order valence-electron chi connectivity index (χ1n) is 9.90. The molecule has 8 heteroatoms. The number of nitrogens with one attached hydrogen (secondary N) is 1. The first-order valence-corrected chi connectivity index (χ1v) is 11.4. The topological polar surface area (TPSA) is 69.7 Å². The van der Waals surface area contributed by atoms with Gasteiger partial charge in [-0.25, -0.2) is 12.8 Å². The van der Waals surface area contributed by atoms with Gasteiger partial charge >= 0.3 is 0 Å². The summed E-state index contributed by atoms with van der Waals surface area (Å²) in [5.41, 5.74) is 1.69. The van der Waals surface area contributed by atoms with Crippen LogP contribution in [0.25, 0.3) is 0 Å². The molecule has 0 saturated carbocycles. The molecule has 6 nitrogen and oxygen atoms in total. The molecule has 0 atom stereocenters. The minimum Gasteiger partial charge on any atom is -0.368 e. The fourth-order valence-corrected chi connectivity index (χ4v) is 4.62. The maximum Gasteiger partial charge on any atom is 0.261 e. The number of hydrogen-bond acceptors (Lipinski definition) is 4. The van der Waals surface area contributed by atoms with Gasteiger partial charge in [-0.1, -0.05) is 24.3 Å². The molecular formula is C23H22FN3O3S. The van der Waals surface area contributed by atoms with E-state index in [0.29, 0.717) is 37.4 Å². The summed E-state index contributed by atoms with van der Waals surface area (Å²) in [6.45, 7) is 2.22. The molecule has 160 valence electrons. The first-order chi connectivity index (χ1) is 14.9. The molecule has 4 rings (SSSR count). The standard InChI is InChI=1S/C23H22FN3O3S/c24-19-9-11-21(12-10-19)26-13-15-27(16-14-26)23(28)18-5-4-8-22(17-18)31(29,30)25-20-6-2-1-3-7-20/h1-12,17,25H,13-16H2. The number of amides is 1. The number of hydrogen-bond donors (Lipinski definition) is 1. The van der Waals surface area contributed by atoms with Gasteiger partial charge < -0.3 is 9.80 Å². The molecule has 0 bridgehead atoms. The average Bonchev–Trinajstić information content (AvgIpc) is 2.80. The Hall–Kier alpha value is -3.39. The number of carbonyl (C=O) groups is 1. The second-order valence-electron chi connectivity index (χ2n) is 7.26. The van der Waals surface area contributed by atoms with Crippen molar-refractivity contribution in [2.75, 3.05) is 35.8 Å². The van der Waals surface area contributed by atoms with E-state index >= 15 is 0 Å². The number of para-hydroxylation sites is 1. The van der Waals surface area contributed by atoms with Gasteiger partial charge in [0.2, 0.25) is 0 Å². The predicted molar refractivity (Wildman–Crippen MR) is 118 cm³/mol. The molecular weight excluding hydrogens is 417 g/mol. The second-order valence-corrected chi connectivity index (χ2v) is 8.94. The van der Waals surface area contributed by atoms with Crippen LogP contribution in [0.4, 0.5) is 15.8 Å². The number of rotatable bonds is 5. The Morgan fingerprint density at radius 2 is 1.52 bits per heavy atom. The Bertz CT molecular complexity index is 1160. The van der Waals surface area contributed by atoms with Crippen molar-refractivity contribution in [3.63, 3.8) is 0 Å². The van der Waals surface area contributed by atoms with Gasteiger partial charge in [-0.05, 0) is 54.6 Å². The van der Waals surface area contributed by atoms with E-state index in [2.05, 4.69) is 9.62 Å². The normalized spacial score (nSPS) is 14.4. The number of carbonyl (C=O) groups excluding carboxylic acids is 1. The van der Waals surface area contributed by atoms with Crippen molar-refractivity contribution >= 4 is 27.3 Å². The summed E-state index contributed by atoms with van der Waals surface area (Å²) in [6.07, 6.45) is 0. The summed E-state index contributed by atoms with van der Waals surface area (Å²) in [5, 5.41) is 0. The maximum absolute atomic E-state index is 13.1. The Kier molecular flexibility index (Phi) is 5.90. The molecule has 0 unspecified atom stereocenters. The number of sulfonamides is 1. The Morgan fingerprint density at radius 3 is 2.19 bits per heavy atom. The van der Waals surface area contributed by atoms with Crippen molar-refractivity contribution in [3.8, 4) is 0 Å². The minimum atomic E-state index is -3.81. The zero-order valence-electron chi connectivity index (χ0n) is 16.7. The Balaban J connectivity index is 1.44. The highest BCUT2D eigenvalue weighted by Gasteiger charge is 2.24. The van der Waals surface area contributed by atoms with E-state index in [1.165, 1.54) is 24.3 Å². The smallest absolute Gasteiger partial charge is 0.261 e. The van der Waals surface area contributed by atoms with E-state index in [0.717, 1.165) is 5.69 Å². The van der Waals surface area contributed by atoms with Gasteiger partial charge in [0.15, 0.2) is 0 Å². The zero-order valence-corrected chi connectivity index (χ0v) is 17.6. The highest BCUT2D eigenvalue weighted by atomic mass is 32.2. The molecule has 0 radical (unpaired) electrons. The summed E-state index contributed by atoms with van der Waals surface area (Å²) in [5.74, 6) is -0.496. The van der Waals surface area contributed by atoms with E-state index in [4.69, 9.17) is 0 Å². The van der Waals surface area contributed by atoms with Crippen LogP contribution in [0.1, 0.15) is 10.4 Å². The Morgan fingerprint density at radius 1 is 0.839 bits per heavy atom. The highest BCUT2D eigenvalue weighted by molar-refractivity contribution is 7.92. The van der Waals surface area contributed by atoms with Crippen LogP contribution in [-0.2, 0) is 10.0 Å². The first kappa shape index (κ1) is 20.9.